The number of nitrogens with one attached hydrogen (secondary N) is 3. The molecule has 16 heavy (non-hydrogen) atoms. The van der Waals surface area contributed by atoms with Gasteiger partial charge in [0.25, 0.3) is 11.8 Å². The molecule has 2 amide bonds. The lowest BCUT2D eigenvalue weighted by atomic mass is 9.97. The van der Waals surface area contributed by atoms with Gasteiger partial charge in [0, 0.05) is 0 Å². The molecule has 1 saturated heterocycles. The van der Waals surface area contributed by atoms with Crippen molar-refractivity contribution >= 4 is 17.8 Å². The summed E-state index contributed by atoms with van der Waals surface area (Å²) in [5.41, 5.74) is 1.08. The van der Waals surface area contributed by atoms with Crippen molar-refractivity contribution in [2.45, 2.75) is 39.5 Å². The molecule has 0 bridgehead atoms. The molecule has 1 aliphatic heterocycles. The van der Waals surface area contributed by atoms with Crippen LogP contribution in [0.2, 0.25) is 0 Å². The maximum atomic E-state index is 11.6. The zero-order valence-electron chi connectivity index (χ0n) is 9.64. The highest BCUT2D eigenvalue weighted by Gasteiger charge is 2.28. The molecule has 5 heteroatoms. The second kappa shape index (κ2) is 5.44. The molecule has 0 aromatic heterocycles. The number of guanidine groups is 1. The minimum atomic E-state index is -0.453. The van der Waals surface area contributed by atoms with E-state index in [4.69, 9.17) is 5.41 Å². The zero-order valence-corrected chi connectivity index (χ0v) is 9.64. The van der Waals surface area contributed by atoms with E-state index in [-0.39, 0.29) is 11.5 Å². The van der Waals surface area contributed by atoms with E-state index in [1.165, 1.54) is 0 Å². The van der Waals surface area contributed by atoms with Gasteiger partial charge in [-0.15, -0.1) is 0 Å². The first-order chi connectivity index (χ1) is 7.60. The van der Waals surface area contributed by atoms with Gasteiger partial charge in [0.15, 0.2) is 0 Å². The first-order valence-corrected chi connectivity index (χ1v) is 5.53. The van der Waals surface area contributed by atoms with E-state index >= 15 is 0 Å². The van der Waals surface area contributed by atoms with Crippen LogP contribution in [0, 0.1) is 5.41 Å². The first-order valence-electron chi connectivity index (χ1n) is 5.53. The van der Waals surface area contributed by atoms with E-state index in [1.807, 2.05) is 13.8 Å². The van der Waals surface area contributed by atoms with E-state index < -0.39 is 11.8 Å². The molecule has 0 spiro atoms. The molecule has 0 radical (unpaired) electrons. The molecular formula is C11H17N3O2. The standard InChI is InChI=1S/C11H17N3O2/c1-3-5-7(6-4-2)8-9(15)13-11(12)14-10(8)16/h3-6H2,1-2H3,(H3,12,13,14,15,16). The Morgan fingerprint density at radius 3 is 1.88 bits per heavy atom. The number of carbonyl (C=O) groups excluding carboxylic acids is 2. The van der Waals surface area contributed by atoms with Crippen LogP contribution in [-0.4, -0.2) is 17.8 Å². The summed E-state index contributed by atoms with van der Waals surface area (Å²) in [5.74, 6) is -1.15. The lowest BCUT2D eigenvalue weighted by molar-refractivity contribution is -0.123. The number of rotatable bonds is 4. The Morgan fingerprint density at radius 1 is 1.06 bits per heavy atom. The van der Waals surface area contributed by atoms with Gasteiger partial charge in [-0.3, -0.25) is 25.6 Å². The van der Waals surface area contributed by atoms with Gasteiger partial charge in [-0.05, 0) is 12.8 Å². The summed E-state index contributed by atoms with van der Waals surface area (Å²) in [7, 11) is 0. The third-order valence-corrected chi connectivity index (χ3v) is 2.39. The summed E-state index contributed by atoms with van der Waals surface area (Å²) >= 11 is 0. The highest BCUT2D eigenvalue weighted by molar-refractivity contribution is 6.29. The lowest BCUT2D eigenvalue weighted by Crippen LogP contribution is -2.52. The largest absolute Gasteiger partial charge is 0.292 e. The van der Waals surface area contributed by atoms with Crippen molar-refractivity contribution in [2.24, 2.45) is 0 Å². The van der Waals surface area contributed by atoms with Crippen LogP contribution in [0.15, 0.2) is 11.1 Å². The summed E-state index contributed by atoms with van der Waals surface area (Å²) in [6, 6.07) is 0. The molecule has 1 aliphatic rings. The topological polar surface area (TPSA) is 82.1 Å². The Kier molecular flexibility index (Phi) is 4.22. The molecule has 1 fully saturated rings. The van der Waals surface area contributed by atoms with Gasteiger partial charge >= 0.3 is 0 Å². The molecule has 0 aliphatic carbocycles. The summed E-state index contributed by atoms with van der Waals surface area (Å²) in [6.45, 7) is 4.02. The molecule has 0 saturated carbocycles. The molecule has 5 nitrogen and oxygen atoms in total. The molecule has 0 aromatic rings. The van der Waals surface area contributed by atoms with E-state index in [0.717, 1.165) is 31.3 Å². The van der Waals surface area contributed by atoms with Gasteiger partial charge in [-0.25, -0.2) is 0 Å². The van der Waals surface area contributed by atoms with Crippen LogP contribution in [-0.2, 0) is 9.59 Å². The van der Waals surface area contributed by atoms with Crippen molar-refractivity contribution in [2.75, 3.05) is 0 Å². The van der Waals surface area contributed by atoms with E-state index in [1.54, 1.807) is 0 Å². The van der Waals surface area contributed by atoms with Gasteiger partial charge in [0.1, 0.15) is 5.57 Å². The second-order valence-electron chi connectivity index (χ2n) is 3.76. The lowest BCUT2D eigenvalue weighted by Gasteiger charge is -2.19. The Balaban J connectivity index is 3.03. The van der Waals surface area contributed by atoms with Gasteiger partial charge in [0.2, 0.25) is 5.96 Å². The van der Waals surface area contributed by atoms with Crippen LogP contribution < -0.4 is 10.6 Å². The molecule has 3 N–H and O–H groups in total. The monoisotopic (exact) mass is 223 g/mol. The van der Waals surface area contributed by atoms with Crippen molar-refractivity contribution < 1.29 is 9.59 Å². The smallest absolute Gasteiger partial charge is 0.263 e. The maximum absolute atomic E-state index is 11.6. The van der Waals surface area contributed by atoms with Crippen LogP contribution in [0.1, 0.15) is 39.5 Å². The van der Waals surface area contributed by atoms with E-state index in [9.17, 15) is 9.59 Å². The summed E-state index contributed by atoms with van der Waals surface area (Å²) < 4.78 is 0. The second-order valence-corrected chi connectivity index (χ2v) is 3.76. The van der Waals surface area contributed by atoms with Crippen LogP contribution >= 0.6 is 0 Å². The average Bonchev–Trinajstić information content (AvgIpc) is 2.16. The van der Waals surface area contributed by atoms with Gasteiger partial charge in [-0.1, -0.05) is 32.3 Å². The van der Waals surface area contributed by atoms with Crippen LogP contribution in [0.3, 0.4) is 0 Å². The Morgan fingerprint density at radius 2 is 1.50 bits per heavy atom. The van der Waals surface area contributed by atoms with Crippen molar-refractivity contribution in [1.29, 1.82) is 5.41 Å². The molecular weight excluding hydrogens is 206 g/mol. The fourth-order valence-corrected chi connectivity index (χ4v) is 1.79. The van der Waals surface area contributed by atoms with Crippen molar-refractivity contribution in [1.82, 2.24) is 10.6 Å². The third kappa shape index (κ3) is 2.68. The number of amides is 2. The van der Waals surface area contributed by atoms with Gasteiger partial charge < -0.3 is 0 Å². The highest BCUT2D eigenvalue weighted by Crippen LogP contribution is 2.18. The predicted octanol–water partition coefficient (Wildman–Crippen LogP) is 1.06. The molecule has 0 atom stereocenters. The molecule has 1 rings (SSSR count). The predicted molar refractivity (Wildman–Crippen MR) is 60.9 cm³/mol. The van der Waals surface area contributed by atoms with Crippen molar-refractivity contribution in [3.63, 3.8) is 0 Å². The van der Waals surface area contributed by atoms with E-state index in [0.29, 0.717) is 0 Å². The Hall–Kier alpha value is -1.65. The molecule has 88 valence electrons. The highest BCUT2D eigenvalue weighted by atomic mass is 16.2. The summed E-state index contributed by atoms with van der Waals surface area (Å²) in [5, 5.41) is 11.8. The SMILES string of the molecule is CCCC(CCC)=C1C(=O)NC(=N)NC1=O. The molecule has 0 unspecified atom stereocenters. The molecule has 0 aromatic carbocycles. The first kappa shape index (κ1) is 12.4. The third-order valence-electron chi connectivity index (χ3n) is 2.39. The fourth-order valence-electron chi connectivity index (χ4n) is 1.79. The quantitative estimate of drug-likeness (QED) is 0.492. The summed E-state index contributed by atoms with van der Waals surface area (Å²) in [6.07, 6.45) is 3.29. The zero-order chi connectivity index (χ0) is 12.1. The minimum absolute atomic E-state index is 0.194. The van der Waals surface area contributed by atoms with Crippen LogP contribution in [0.25, 0.3) is 0 Å². The van der Waals surface area contributed by atoms with Gasteiger partial charge in [-0.2, -0.15) is 0 Å². The van der Waals surface area contributed by atoms with E-state index in [2.05, 4.69) is 10.6 Å². The minimum Gasteiger partial charge on any atom is -0.292 e. The van der Waals surface area contributed by atoms with Crippen molar-refractivity contribution in [3.05, 3.63) is 11.1 Å². The molecule has 1 heterocycles. The summed E-state index contributed by atoms with van der Waals surface area (Å²) in [4.78, 5) is 23.3. The average molecular weight is 223 g/mol. The number of hydrogen-bond acceptors (Lipinski definition) is 3. The Bertz CT molecular complexity index is 328. The number of carbonyl (C=O) groups is 2. The number of allylic oxidation sites excluding steroid dienone is 1. The number of hydrogen-bond donors (Lipinski definition) is 3. The normalized spacial score (nSPS) is 15.9. The fraction of sp³-hybridized carbons (Fsp3) is 0.545. The Labute approximate surface area is 94.8 Å². The van der Waals surface area contributed by atoms with Crippen LogP contribution in [0.4, 0.5) is 0 Å². The van der Waals surface area contributed by atoms with Crippen LogP contribution in [0.5, 0.6) is 0 Å². The maximum Gasteiger partial charge on any atom is 0.263 e. The van der Waals surface area contributed by atoms with Crippen molar-refractivity contribution in [3.8, 4) is 0 Å². The van der Waals surface area contributed by atoms with Gasteiger partial charge in [0.05, 0.1) is 0 Å².